The zero-order valence-corrected chi connectivity index (χ0v) is 18.5. The first-order valence-electron chi connectivity index (χ1n) is 9.14. The number of thioether (sulfide) groups is 1. The van der Waals surface area contributed by atoms with Crippen LogP contribution in [0, 0.1) is 3.57 Å². The average Bonchev–Trinajstić information content (AvgIpc) is 3.30. The number of amides is 2. The highest BCUT2D eigenvalue weighted by Gasteiger charge is 2.25. The van der Waals surface area contributed by atoms with Gasteiger partial charge in [0.1, 0.15) is 12.4 Å². The summed E-state index contributed by atoms with van der Waals surface area (Å²) >= 11 is 3.90. The maximum absolute atomic E-state index is 12.8. The van der Waals surface area contributed by atoms with Crippen molar-refractivity contribution in [2.45, 2.75) is 24.6 Å². The Balaban J connectivity index is 1.50. The van der Waals surface area contributed by atoms with Crippen molar-refractivity contribution in [1.29, 1.82) is 0 Å². The number of carbonyl (C=O) groups is 2. The normalized spacial score (nSPS) is 12.4. The third-order valence-corrected chi connectivity index (χ3v) is 6.51. The summed E-state index contributed by atoms with van der Waals surface area (Å²) in [6.07, 6.45) is 0. The van der Waals surface area contributed by atoms with Crippen LogP contribution >= 0.6 is 34.4 Å². The molecule has 0 saturated carbocycles. The lowest BCUT2D eigenvalue weighted by molar-refractivity contribution is -0.122. The fourth-order valence-corrected chi connectivity index (χ4v) is 4.80. The summed E-state index contributed by atoms with van der Waals surface area (Å²) in [5.41, 5.74) is 3.58. The van der Waals surface area contributed by atoms with Gasteiger partial charge in [-0.15, -0.1) is 0 Å². The first kappa shape index (κ1) is 20.0. The van der Waals surface area contributed by atoms with E-state index < -0.39 is 0 Å². The van der Waals surface area contributed by atoms with Crippen molar-refractivity contribution in [1.82, 2.24) is 15.1 Å². The van der Waals surface area contributed by atoms with E-state index in [1.807, 2.05) is 48.5 Å². The highest BCUT2D eigenvalue weighted by Crippen LogP contribution is 2.35. The van der Waals surface area contributed by atoms with Crippen molar-refractivity contribution in [3.05, 3.63) is 80.6 Å². The summed E-state index contributed by atoms with van der Waals surface area (Å²) in [6, 6.07) is 17.2. The van der Waals surface area contributed by atoms with Gasteiger partial charge in [-0.1, -0.05) is 42.5 Å². The van der Waals surface area contributed by atoms with Crippen LogP contribution in [0.2, 0.25) is 0 Å². The molecule has 3 aromatic rings. The van der Waals surface area contributed by atoms with Gasteiger partial charge >= 0.3 is 0 Å². The van der Waals surface area contributed by atoms with Crippen LogP contribution in [0.1, 0.15) is 27.2 Å². The number of halogens is 1. The van der Waals surface area contributed by atoms with Crippen molar-refractivity contribution in [3.8, 4) is 0 Å². The van der Waals surface area contributed by atoms with Gasteiger partial charge in [-0.2, -0.15) is 16.9 Å². The fraction of sp³-hybridized carbons (Fsp3) is 0.190. The number of nitrogens with one attached hydrogen (secondary N) is 2. The predicted octanol–water partition coefficient (Wildman–Crippen LogP) is 3.80. The SMILES string of the molecule is O=C(Cn1nc2c(c1NC(=O)c1ccccc1I)CSC2)NCc1ccccc1. The zero-order chi connectivity index (χ0) is 20.2. The minimum absolute atomic E-state index is 0.0615. The van der Waals surface area contributed by atoms with Crippen molar-refractivity contribution in [2.75, 3.05) is 5.32 Å². The molecule has 29 heavy (non-hydrogen) atoms. The molecule has 0 atom stereocenters. The molecule has 4 rings (SSSR count). The number of anilines is 1. The number of fused-ring (bicyclic) bond motifs is 1. The summed E-state index contributed by atoms with van der Waals surface area (Å²) in [6.45, 7) is 0.520. The molecule has 1 aromatic heterocycles. The van der Waals surface area contributed by atoms with E-state index >= 15 is 0 Å². The average molecular weight is 518 g/mol. The Morgan fingerprint density at radius 3 is 2.62 bits per heavy atom. The molecular formula is C21H19IN4O2S. The second-order valence-electron chi connectivity index (χ2n) is 6.62. The second kappa shape index (κ2) is 9.00. The number of nitrogens with zero attached hydrogens (tertiary/aromatic N) is 2. The number of hydrogen-bond donors (Lipinski definition) is 2. The maximum Gasteiger partial charge on any atom is 0.257 e. The summed E-state index contributed by atoms with van der Waals surface area (Å²) in [5.74, 6) is 1.85. The van der Waals surface area contributed by atoms with E-state index in [4.69, 9.17) is 0 Å². The van der Waals surface area contributed by atoms with Crippen LogP contribution in [-0.4, -0.2) is 21.6 Å². The van der Waals surface area contributed by atoms with E-state index in [-0.39, 0.29) is 18.4 Å². The zero-order valence-electron chi connectivity index (χ0n) is 15.5. The van der Waals surface area contributed by atoms with E-state index in [1.54, 1.807) is 22.5 Å². The van der Waals surface area contributed by atoms with Crippen molar-refractivity contribution in [2.24, 2.45) is 0 Å². The largest absolute Gasteiger partial charge is 0.350 e. The molecule has 0 spiro atoms. The minimum Gasteiger partial charge on any atom is -0.350 e. The molecule has 0 bridgehead atoms. The molecule has 0 aliphatic carbocycles. The van der Waals surface area contributed by atoms with Gasteiger partial charge < -0.3 is 10.6 Å². The first-order valence-corrected chi connectivity index (χ1v) is 11.4. The molecule has 0 unspecified atom stereocenters. The third kappa shape index (κ3) is 4.64. The number of rotatable bonds is 6. The number of carbonyl (C=O) groups excluding carboxylic acids is 2. The quantitative estimate of drug-likeness (QED) is 0.487. The van der Waals surface area contributed by atoms with Crippen molar-refractivity contribution >= 4 is 52.0 Å². The van der Waals surface area contributed by atoms with Gasteiger partial charge in [-0.3, -0.25) is 9.59 Å². The summed E-state index contributed by atoms with van der Waals surface area (Å²) in [5, 5.41) is 10.5. The Morgan fingerprint density at radius 1 is 1.07 bits per heavy atom. The molecule has 6 nitrogen and oxygen atoms in total. The second-order valence-corrected chi connectivity index (χ2v) is 8.77. The topological polar surface area (TPSA) is 76.0 Å². The molecule has 8 heteroatoms. The van der Waals surface area contributed by atoms with Crippen molar-refractivity contribution in [3.63, 3.8) is 0 Å². The maximum atomic E-state index is 12.8. The van der Waals surface area contributed by atoms with E-state index in [0.29, 0.717) is 17.9 Å². The summed E-state index contributed by atoms with van der Waals surface area (Å²) in [4.78, 5) is 25.3. The van der Waals surface area contributed by atoms with Gasteiger partial charge in [-0.25, -0.2) is 4.68 Å². The Labute approximate surface area is 186 Å². The van der Waals surface area contributed by atoms with Crippen LogP contribution in [0.3, 0.4) is 0 Å². The van der Waals surface area contributed by atoms with Crippen molar-refractivity contribution < 1.29 is 9.59 Å². The first-order chi connectivity index (χ1) is 14.1. The molecule has 1 aliphatic heterocycles. The van der Waals surface area contributed by atoms with Gasteiger partial charge in [0.25, 0.3) is 5.91 Å². The molecular weight excluding hydrogens is 499 g/mol. The Morgan fingerprint density at radius 2 is 1.83 bits per heavy atom. The number of benzene rings is 2. The van der Waals surface area contributed by atoms with Crippen LogP contribution in [0.5, 0.6) is 0 Å². The third-order valence-electron chi connectivity index (χ3n) is 4.60. The van der Waals surface area contributed by atoms with Crippen LogP contribution in [-0.2, 0) is 29.4 Å². The van der Waals surface area contributed by atoms with Gasteiger partial charge in [0.15, 0.2) is 0 Å². The molecule has 2 amide bonds. The molecule has 0 fully saturated rings. The van der Waals surface area contributed by atoms with E-state index in [1.165, 1.54) is 0 Å². The predicted molar refractivity (Wildman–Crippen MR) is 123 cm³/mol. The molecule has 0 saturated heterocycles. The lowest BCUT2D eigenvalue weighted by Gasteiger charge is -2.12. The van der Waals surface area contributed by atoms with Crippen LogP contribution in [0.25, 0.3) is 0 Å². The van der Waals surface area contributed by atoms with E-state index in [2.05, 4.69) is 38.3 Å². The van der Waals surface area contributed by atoms with Gasteiger partial charge in [0.2, 0.25) is 5.91 Å². The highest BCUT2D eigenvalue weighted by molar-refractivity contribution is 14.1. The highest BCUT2D eigenvalue weighted by atomic mass is 127. The number of aromatic nitrogens is 2. The molecule has 0 radical (unpaired) electrons. The van der Waals surface area contributed by atoms with E-state index in [0.717, 1.165) is 31.9 Å². The lowest BCUT2D eigenvalue weighted by atomic mass is 10.2. The summed E-state index contributed by atoms with van der Waals surface area (Å²) in [7, 11) is 0. The monoisotopic (exact) mass is 518 g/mol. The lowest BCUT2D eigenvalue weighted by Crippen LogP contribution is -2.29. The molecule has 148 valence electrons. The Hall–Kier alpha value is -2.33. The standard InChI is InChI=1S/C21H19IN4O2S/c22-17-9-5-4-8-15(17)21(28)24-20-16-12-29-13-18(16)25-26(20)11-19(27)23-10-14-6-2-1-3-7-14/h1-9H,10-13H2,(H,23,27)(H,24,28). The Bertz CT molecular complexity index is 1050. The molecule has 2 N–H and O–H groups in total. The Kier molecular flexibility index (Phi) is 6.19. The van der Waals surface area contributed by atoms with Gasteiger partial charge in [0, 0.05) is 27.2 Å². The molecule has 1 aliphatic rings. The number of hydrogen-bond acceptors (Lipinski definition) is 4. The van der Waals surface area contributed by atoms with E-state index in [9.17, 15) is 9.59 Å². The van der Waals surface area contributed by atoms with Gasteiger partial charge in [0.05, 0.1) is 11.3 Å². The van der Waals surface area contributed by atoms with Crippen LogP contribution < -0.4 is 10.6 Å². The summed E-state index contributed by atoms with van der Waals surface area (Å²) < 4.78 is 2.48. The van der Waals surface area contributed by atoms with Crippen LogP contribution in [0.4, 0.5) is 5.82 Å². The van der Waals surface area contributed by atoms with Crippen LogP contribution in [0.15, 0.2) is 54.6 Å². The smallest absolute Gasteiger partial charge is 0.257 e. The fourth-order valence-electron chi connectivity index (χ4n) is 3.13. The molecule has 2 heterocycles. The van der Waals surface area contributed by atoms with Gasteiger partial charge in [-0.05, 0) is 40.3 Å². The minimum atomic E-state index is -0.194. The molecule has 2 aromatic carbocycles.